The zero-order valence-corrected chi connectivity index (χ0v) is 68.4. The fourth-order valence-corrected chi connectivity index (χ4v) is 19.4. The molecule has 24 rings (SSSR count). The third-order valence-corrected chi connectivity index (χ3v) is 25.0. The van der Waals surface area contributed by atoms with E-state index in [1.807, 2.05) is 12.1 Å². The van der Waals surface area contributed by atoms with Crippen molar-refractivity contribution in [3.05, 3.63) is 398 Å². The Bertz CT molecular complexity index is 7780. The number of rotatable bonds is 14. The molecule has 8 heteroatoms. The van der Waals surface area contributed by atoms with Crippen molar-refractivity contribution in [1.29, 1.82) is 0 Å². The Morgan fingerprint density at radius 1 is 0.180 bits per heavy atom. The molecule has 122 heavy (non-hydrogen) atoms. The molecule has 582 valence electrons. The molecule has 0 saturated heterocycles. The van der Waals surface area contributed by atoms with Gasteiger partial charge in [-0.2, -0.15) is 0 Å². The monoisotopic (exact) mass is 1570 g/mol. The third kappa shape index (κ3) is 11.6. The molecule has 0 unspecified atom stereocenters. The third-order valence-electron chi connectivity index (χ3n) is 25.0. The second kappa shape index (κ2) is 28.7. The normalized spacial score (nSPS) is 12.0. The van der Waals surface area contributed by atoms with Gasteiger partial charge in [0.2, 0.25) is 0 Å². The van der Waals surface area contributed by atoms with E-state index in [0.717, 1.165) is 167 Å². The van der Waals surface area contributed by atoms with Crippen LogP contribution in [0, 0.1) is 13.8 Å². The number of para-hydroxylation sites is 8. The fraction of sp³-hybridized carbons (Fsp3) is 0.0702. The van der Waals surface area contributed by atoms with Crippen LogP contribution in [0.4, 0.5) is 68.2 Å². The predicted molar refractivity (Wildman–Crippen MR) is 515 cm³/mol. The number of hydrogen-bond acceptors (Lipinski definition) is 8. The molecule has 0 aliphatic carbocycles. The van der Waals surface area contributed by atoms with Gasteiger partial charge in [-0.1, -0.05) is 257 Å². The van der Waals surface area contributed by atoms with Gasteiger partial charge in [0, 0.05) is 98.8 Å². The molecule has 4 heterocycles. The highest BCUT2D eigenvalue weighted by molar-refractivity contribution is 6.31. The molecule has 0 bridgehead atoms. The summed E-state index contributed by atoms with van der Waals surface area (Å²) in [5.74, 6) is 0.516. The van der Waals surface area contributed by atoms with Crippen LogP contribution in [0.5, 0.6) is 0 Å². The Morgan fingerprint density at radius 2 is 0.484 bits per heavy atom. The van der Waals surface area contributed by atoms with Crippen LogP contribution < -0.4 is 19.6 Å². The van der Waals surface area contributed by atoms with Crippen LogP contribution in [-0.2, 0) is 0 Å². The van der Waals surface area contributed by atoms with Crippen molar-refractivity contribution in [3.8, 4) is 0 Å². The van der Waals surface area contributed by atoms with E-state index in [4.69, 9.17) is 17.7 Å². The summed E-state index contributed by atoms with van der Waals surface area (Å²) in [6, 6.07) is 136. The Morgan fingerprint density at radius 3 is 0.869 bits per heavy atom. The lowest BCUT2D eigenvalue weighted by molar-refractivity contribution is 0.668. The summed E-state index contributed by atoms with van der Waals surface area (Å²) in [5.41, 5.74) is 25.0. The molecule has 0 radical (unpaired) electrons. The summed E-state index contributed by atoms with van der Waals surface area (Å²) in [6.07, 6.45) is 0. The molecule has 0 atom stereocenters. The van der Waals surface area contributed by atoms with Crippen LogP contribution in [0.15, 0.2) is 394 Å². The average Bonchev–Trinajstić information content (AvgIpc) is 0.863. The summed E-state index contributed by atoms with van der Waals surface area (Å²) in [7, 11) is 0. The Hall–Kier alpha value is -15.4. The van der Waals surface area contributed by atoms with Gasteiger partial charge in [-0.15, -0.1) is 0 Å². The van der Waals surface area contributed by atoms with Gasteiger partial charge >= 0.3 is 0 Å². The molecule has 0 amide bonds. The molecule has 0 aliphatic heterocycles. The number of benzene rings is 20. The maximum atomic E-state index is 6.77. The van der Waals surface area contributed by atoms with Crippen molar-refractivity contribution in [2.24, 2.45) is 0 Å². The molecule has 24 aromatic rings. The smallest absolute Gasteiger partial charge is 0.159 e. The molecule has 0 fully saturated rings. The lowest BCUT2D eigenvalue weighted by Crippen LogP contribution is -2.13. The summed E-state index contributed by atoms with van der Waals surface area (Å²) < 4.78 is 26.2. The maximum Gasteiger partial charge on any atom is 0.159 e. The Balaban J connectivity index is 0.000000142. The number of anilines is 12. The van der Waals surface area contributed by atoms with Gasteiger partial charge in [0.15, 0.2) is 11.2 Å². The molecular formula is C114H82N4O4. The zero-order chi connectivity index (χ0) is 81.5. The predicted octanol–water partition coefficient (Wildman–Crippen LogP) is 34.1. The number of hydrogen-bond donors (Lipinski definition) is 0. The van der Waals surface area contributed by atoms with Crippen molar-refractivity contribution in [2.75, 3.05) is 19.6 Å². The summed E-state index contributed by atoms with van der Waals surface area (Å²) in [6.45, 7) is 13.5. The number of nitrogens with zero attached hydrogens (tertiary/aromatic N) is 4. The second-order valence-electron chi connectivity index (χ2n) is 33.1. The molecule has 4 aromatic heterocycles. The summed E-state index contributed by atoms with van der Waals surface area (Å²) in [4.78, 5) is 9.65. The first kappa shape index (κ1) is 71.9. The van der Waals surface area contributed by atoms with E-state index in [0.29, 0.717) is 0 Å². The summed E-state index contributed by atoms with van der Waals surface area (Å²) in [5, 5.41) is 23.5. The minimum absolute atomic E-state index is 0.258. The molecule has 8 nitrogen and oxygen atoms in total. The highest BCUT2D eigenvalue weighted by Gasteiger charge is 2.31. The fourth-order valence-electron chi connectivity index (χ4n) is 19.4. The highest BCUT2D eigenvalue weighted by Crippen LogP contribution is 2.55. The van der Waals surface area contributed by atoms with E-state index in [1.165, 1.54) is 76.1 Å². The SMILES string of the molecule is CC(C)c1cc(N(c2ccccc2)c2cccc3c2oc2ccccc23)c2ccc3c(C(C)C)cc(N(c4ccccc4)c4cccc5c4oc4ccccc45)c4ccc1c2c34.Cc1ccc2oc3ccc(N(c4ccccc4)c4cc5c6ccccc6c(N(c6ccccc6)c6ccc7oc8ccc(C)cc8c7c6)cc5c5ccccc45)cc3c2c1. The van der Waals surface area contributed by atoms with Crippen molar-refractivity contribution in [2.45, 2.75) is 53.4 Å². The first-order chi connectivity index (χ1) is 60.0. The highest BCUT2D eigenvalue weighted by atomic mass is 16.3. The van der Waals surface area contributed by atoms with E-state index >= 15 is 0 Å². The number of fused-ring (bicyclic) bond motifs is 17. The van der Waals surface area contributed by atoms with Gasteiger partial charge in [-0.3, -0.25) is 0 Å². The number of furan rings is 4. The van der Waals surface area contributed by atoms with Gasteiger partial charge in [0.1, 0.15) is 33.5 Å². The van der Waals surface area contributed by atoms with Crippen LogP contribution in [0.3, 0.4) is 0 Å². The molecule has 0 N–H and O–H groups in total. The van der Waals surface area contributed by atoms with E-state index in [-0.39, 0.29) is 11.8 Å². The summed E-state index contributed by atoms with van der Waals surface area (Å²) >= 11 is 0. The van der Waals surface area contributed by atoms with E-state index < -0.39 is 0 Å². The van der Waals surface area contributed by atoms with Crippen LogP contribution in [0.1, 0.15) is 61.8 Å². The van der Waals surface area contributed by atoms with E-state index in [1.54, 1.807) is 0 Å². The van der Waals surface area contributed by atoms with Gasteiger partial charge in [0.25, 0.3) is 0 Å². The topological polar surface area (TPSA) is 65.5 Å². The quantitative estimate of drug-likeness (QED) is 0.0998. The number of aryl methyl sites for hydroxylation is 2. The molecular weight excluding hydrogens is 1490 g/mol. The lowest BCUT2D eigenvalue weighted by atomic mass is 9.84. The standard InChI is InChI=1S/C58H44N2O2.C56H38N2O2/c1-35(2)47-33-51(59(37-17-7-5-8-18-37)49-25-15-23-43-39-21-11-13-27-53(39)61-57(43)49)45-32-30-42-48(36(3)4)34-52(46-31-29-41(47)55(45)56(42)46)60(38-19-9-6-10-20-38)50-26-16-24-44-40-22-12-14-28-54(40)62-58(44)50;1-35-21-25-53-47(29-35)49-31-39(23-27-55(49)59-53)57(37-13-5-3-6-14-37)51-33-45-42-18-10-12-20-44(42)52(34-46(45)41-17-9-11-19-43(41)51)58(38-15-7-4-8-16-38)40-24-28-56-50(32-40)48-30-36(2)22-26-54(48)60-56/h5-36H,1-4H3;3-34H,1-2H3. The Kier molecular flexibility index (Phi) is 16.9. The Labute approximate surface area is 705 Å². The molecule has 0 aliphatic rings. The zero-order valence-electron chi connectivity index (χ0n) is 68.4. The average molecular weight is 1570 g/mol. The van der Waals surface area contributed by atoms with Crippen molar-refractivity contribution >= 4 is 221 Å². The molecule has 20 aromatic carbocycles. The van der Waals surface area contributed by atoms with Crippen LogP contribution in [0.2, 0.25) is 0 Å². The van der Waals surface area contributed by atoms with Crippen LogP contribution >= 0.6 is 0 Å². The molecule has 0 saturated carbocycles. The van der Waals surface area contributed by atoms with Crippen LogP contribution in [-0.4, -0.2) is 0 Å². The first-order valence-corrected chi connectivity index (χ1v) is 42.2. The van der Waals surface area contributed by atoms with E-state index in [9.17, 15) is 0 Å². The minimum Gasteiger partial charge on any atom is -0.456 e. The van der Waals surface area contributed by atoms with Gasteiger partial charge in [0.05, 0.1) is 34.1 Å². The van der Waals surface area contributed by atoms with E-state index in [2.05, 4.69) is 425 Å². The van der Waals surface area contributed by atoms with Crippen molar-refractivity contribution in [3.63, 3.8) is 0 Å². The van der Waals surface area contributed by atoms with Gasteiger partial charge in [-0.05, 0) is 238 Å². The van der Waals surface area contributed by atoms with Gasteiger partial charge in [-0.25, -0.2) is 0 Å². The minimum atomic E-state index is 0.258. The molecule has 0 spiro atoms. The maximum absolute atomic E-state index is 6.77. The first-order valence-electron chi connectivity index (χ1n) is 42.2. The van der Waals surface area contributed by atoms with Crippen molar-refractivity contribution in [1.82, 2.24) is 0 Å². The van der Waals surface area contributed by atoms with Crippen LogP contribution in [0.25, 0.3) is 152 Å². The van der Waals surface area contributed by atoms with Crippen molar-refractivity contribution < 1.29 is 17.7 Å². The second-order valence-corrected chi connectivity index (χ2v) is 33.1. The van der Waals surface area contributed by atoms with Gasteiger partial charge < -0.3 is 37.3 Å². The lowest BCUT2D eigenvalue weighted by Gasteiger charge is -2.31. The largest absolute Gasteiger partial charge is 0.456 e.